The quantitative estimate of drug-likeness (QED) is 0.894. The molecule has 3 nitrogen and oxygen atoms in total. The van der Waals surface area contributed by atoms with Gasteiger partial charge in [-0.2, -0.15) is 0 Å². The van der Waals surface area contributed by atoms with Crippen molar-refractivity contribution in [3.05, 3.63) is 57.0 Å². The third-order valence-electron chi connectivity index (χ3n) is 3.07. The van der Waals surface area contributed by atoms with Crippen LogP contribution in [0.5, 0.6) is 11.5 Å². The first-order valence-electron chi connectivity index (χ1n) is 5.99. The summed E-state index contributed by atoms with van der Waals surface area (Å²) in [7, 11) is 3.22. The van der Waals surface area contributed by atoms with E-state index in [0.29, 0.717) is 10.8 Å². The first-order chi connectivity index (χ1) is 9.56. The van der Waals surface area contributed by atoms with Crippen molar-refractivity contribution in [2.75, 3.05) is 14.2 Å². The average Bonchev–Trinajstić information content (AvgIpc) is 2.46. The van der Waals surface area contributed by atoms with E-state index in [2.05, 4.69) is 15.9 Å². The Morgan fingerprint density at radius 2 is 1.75 bits per heavy atom. The van der Waals surface area contributed by atoms with Gasteiger partial charge in [-0.1, -0.05) is 39.7 Å². The molecule has 0 radical (unpaired) electrons. The zero-order valence-electron chi connectivity index (χ0n) is 11.2. The van der Waals surface area contributed by atoms with E-state index in [9.17, 15) is 0 Å². The van der Waals surface area contributed by atoms with Crippen LogP contribution in [0.3, 0.4) is 0 Å². The Morgan fingerprint density at radius 3 is 2.35 bits per heavy atom. The van der Waals surface area contributed by atoms with Gasteiger partial charge >= 0.3 is 0 Å². The van der Waals surface area contributed by atoms with Crippen molar-refractivity contribution in [3.63, 3.8) is 0 Å². The molecule has 0 aliphatic rings. The molecule has 0 amide bonds. The van der Waals surface area contributed by atoms with E-state index < -0.39 is 0 Å². The van der Waals surface area contributed by atoms with Gasteiger partial charge in [-0.25, -0.2) is 0 Å². The maximum atomic E-state index is 6.31. The standard InChI is InChI=1S/C15H15BrClNO2/c1-19-10-4-6-11(13(17)8-10)15(18)12-5-3-9(16)7-14(12)20-2/h3-8,15H,18H2,1-2H3. The molecule has 0 heterocycles. The number of halogens is 2. The molecule has 2 aromatic carbocycles. The van der Waals surface area contributed by atoms with Crippen LogP contribution in [-0.2, 0) is 0 Å². The fourth-order valence-electron chi connectivity index (χ4n) is 2.00. The predicted octanol–water partition coefficient (Wildman–Crippen LogP) is 4.17. The molecule has 0 spiro atoms. The van der Waals surface area contributed by atoms with Crippen molar-refractivity contribution in [2.24, 2.45) is 5.73 Å². The van der Waals surface area contributed by atoms with Crippen molar-refractivity contribution in [3.8, 4) is 11.5 Å². The van der Waals surface area contributed by atoms with E-state index in [1.165, 1.54) is 0 Å². The van der Waals surface area contributed by atoms with Gasteiger partial charge in [0.25, 0.3) is 0 Å². The lowest BCUT2D eigenvalue weighted by molar-refractivity contribution is 0.407. The van der Waals surface area contributed by atoms with Crippen LogP contribution in [-0.4, -0.2) is 14.2 Å². The number of hydrogen-bond acceptors (Lipinski definition) is 3. The first-order valence-corrected chi connectivity index (χ1v) is 7.16. The van der Waals surface area contributed by atoms with E-state index in [-0.39, 0.29) is 6.04 Å². The van der Waals surface area contributed by atoms with Crippen LogP contribution >= 0.6 is 27.5 Å². The van der Waals surface area contributed by atoms with Crippen molar-refractivity contribution in [2.45, 2.75) is 6.04 Å². The summed E-state index contributed by atoms with van der Waals surface area (Å²) in [5.41, 5.74) is 8.02. The Morgan fingerprint density at radius 1 is 1.05 bits per heavy atom. The van der Waals surface area contributed by atoms with E-state index >= 15 is 0 Å². The molecule has 106 valence electrons. The second-order valence-electron chi connectivity index (χ2n) is 4.25. The van der Waals surface area contributed by atoms with Crippen LogP contribution in [0.2, 0.25) is 5.02 Å². The third-order valence-corrected chi connectivity index (χ3v) is 3.89. The normalized spacial score (nSPS) is 12.1. The lowest BCUT2D eigenvalue weighted by atomic mass is 9.98. The Bertz CT molecular complexity index is 619. The Balaban J connectivity index is 2.43. The summed E-state index contributed by atoms with van der Waals surface area (Å²) in [6.45, 7) is 0. The molecule has 1 atom stereocenters. The van der Waals surface area contributed by atoms with Gasteiger partial charge in [0.15, 0.2) is 0 Å². The molecule has 2 N–H and O–H groups in total. The molecule has 0 bridgehead atoms. The molecular formula is C15H15BrClNO2. The van der Waals surface area contributed by atoms with Gasteiger partial charge in [0.2, 0.25) is 0 Å². The summed E-state index contributed by atoms with van der Waals surface area (Å²) in [6.07, 6.45) is 0. The number of methoxy groups -OCH3 is 2. The summed E-state index contributed by atoms with van der Waals surface area (Å²) in [5.74, 6) is 1.42. The Hall–Kier alpha value is -1.23. The third kappa shape index (κ3) is 3.08. The Labute approximate surface area is 131 Å². The SMILES string of the molecule is COc1ccc(C(N)c2ccc(Br)cc2OC)c(Cl)c1. The highest BCUT2D eigenvalue weighted by atomic mass is 79.9. The van der Waals surface area contributed by atoms with Crippen LogP contribution in [0.25, 0.3) is 0 Å². The maximum Gasteiger partial charge on any atom is 0.125 e. The summed E-state index contributed by atoms with van der Waals surface area (Å²) in [5, 5.41) is 0.571. The van der Waals surface area contributed by atoms with Crippen molar-refractivity contribution in [1.82, 2.24) is 0 Å². The smallest absolute Gasteiger partial charge is 0.125 e. The van der Waals surface area contributed by atoms with Gasteiger partial charge in [-0.05, 0) is 29.8 Å². The topological polar surface area (TPSA) is 44.5 Å². The van der Waals surface area contributed by atoms with Crippen LogP contribution in [0, 0.1) is 0 Å². The summed E-state index contributed by atoms with van der Waals surface area (Å²) < 4.78 is 11.5. The second kappa shape index (κ2) is 6.48. The van der Waals surface area contributed by atoms with Gasteiger partial charge < -0.3 is 15.2 Å². The van der Waals surface area contributed by atoms with Gasteiger partial charge in [0, 0.05) is 15.1 Å². The molecule has 0 aliphatic carbocycles. The monoisotopic (exact) mass is 355 g/mol. The largest absolute Gasteiger partial charge is 0.497 e. The molecule has 5 heteroatoms. The number of nitrogens with two attached hydrogens (primary N) is 1. The molecule has 1 unspecified atom stereocenters. The molecule has 2 rings (SSSR count). The minimum Gasteiger partial charge on any atom is -0.497 e. The molecule has 0 fully saturated rings. The number of hydrogen-bond donors (Lipinski definition) is 1. The first kappa shape index (κ1) is 15.2. The van der Waals surface area contributed by atoms with Crippen LogP contribution < -0.4 is 15.2 Å². The fourth-order valence-corrected chi connectivity index (χ4v) is 2.62. The van der Waals surface area contributed by atoms with Gasteiger partial charge in [0.1, 0.15) is 11.5 Å². The van der Waals surface area contributed by atoms with Gasteiger partial charge in [-0.3, -0.25) is 0 Å². The maximum absolute atomic E-state index is 6.31. The van der Waals surface area contributed by atoms with Crippen molar-refractivity contribution >= 4 is 27.5 Å². The minimum atomic E-state index is -0.364. The lowest BCUT2D eigenvalue weighted by Crippen LogP contribution is -2.13. The molecule has 0 saturated heterocycles. The van der Waals surface area contributed by atoms with Gasteiger partial charge in [-0.15, -0.1) is 0 Å². The summed E-state index contributed by atoms with van der Waals surface area (Å²) >= 11 is 9.68. The highest BCUT2D eigenvalue weighted by molar-refractivity contribution is 9.10. The van der Waals surface area contributed by atoms with Crippen molar-refractivity contribution in [1.29, 1.82) is 0 Å². The Kier molecular flexibility index (Phi) is 4.91. The molecule has 0 aliphatic heterocycles. The number of benzene rings is 2. The van der Waals surface area contributed by atoms with Crippen LogP contribution in [0.1, 0.15) is 17.2 Å². The highest BCUT2D eigenvalue weighted by Crippen LogP contribution is 2.34. The van der Waals surface area contributed by atoms with Crippen LogP contribution in [0.4, 0.5) is 0 Å². The van der Waals surface area contributed by atoms with E-state index in [1.54, 1.807) is 20.3 Å². The number of ether oxygens (including phenoxy) is 2. The minimum absolute atomic E-state index is 0.364. The van der Waals surface area contributed by atoms with Crippen molar-refractivity contribution < 1.29 is 9.47 Å². The summed E-state index contributed by atoms with van der Waals surface area (Å²) in [4.78, 5) is 0. The van der Waals surface area contributed by atoms with E-state index in [4.69, 9.17) is 26.8 Å². The lowest BCUT2D eigenvalue weighted by Gasteiger charge is -2.18. The zero-order valence-corrected chi connectivity index (χ0v) is 13.5. The second-order valence-corrected chi connectivity index (χ2v) is 5.57. The molecule has 0 saturated carbocycles. The zero-order chi connectivity index (χ0) is 14.7. The highest BCUT2D eigenvalue weighted by Gasteiger charge is 2.17. The van der Waals surface area contributed by atoms with E-state index in [0.717, 1.165) is 21.3 Å². The molecular weight excluding hydrogens is 342 g/mol. The molecule has 0 aromatic heterocycles. The predicted molar refractivity (Wildman–Crippen MR) is 84.7 cm³/mol. The molecule has 2 aromatic rings. The summed E-state index contributed by atoms with van der Waals surface area (Å²) in [6, 6.07) is 10.8. The van der Waals surface area contributed by atoms with Gasteiger partial charge in [0.05, 0.1) is 20.3 Å². The number of rotatable bonds is 4. The molecule has 20 heavy (non-hydrogen) atoms. The average molecular weight is 357 g/mol. The van der Waals surface area contributed by atoms with E-state index in [1.807, 2.05) is 30.3 Å². The fraction of sp³-hybridized carbons (Fsp3) is 0.200. The van der Waals surface area contributed by atoms with Crippen LogP contribution in [0.15, 0.2) is 40.9 Å².